The van der Waals surface area contributed by atoms with Crippen molar-refractivity contribution in [2.75, 3.05) is 13.1 Å². The van der Waals surface area contributed by atoms with Gasteiger partial charge in [-0.25, -0.2) is 0 Å². The minimum Gasteiger partial charge on any atom is -0.489 e. The van der Waals surface area contributed by atoms with Gasteiger partial charge in [0.05, 0.1) is 0 Å². The first kappa shape index (κ1) is 18.7. The number of ketones is 1. The molecule has 0 saturated carbocycles. The lowest BCUT2D eigenvalue weighted by molar-refractivity contribution is 0.101. The van der Waals surface area contributed by atoms with Crippen molar-refractivity contribution in [2.24, 2.45) is 11.8 Å². The fourth-order valence-electron chi connectivity index (χ4n) is 3.87. The smallest absolute Gasteiger partial charge is 0.159 e. The van der Waals surface area contributed by atoms with Crippen molar-refractivity contribution in [1.82, 2.24) is 4.90 Å². The summed E-state index contributed by atoms with van der Waals surface area (Å²) in [6.45, 7) is 10.2. The van der Waals surface area contributed by atoms with Gasteiger partial charge in [0.25, 0.3) is 0 Å². The Balaban J connectivity index is 1.52. The van der Waals surface area contributed by atoms with Crippen molar-refractivity contribution in [3.63, 3.8) is 0 Å². The number of ether oxygens (including phenoxy) is 1. The van der Waals surface area contributed by atoms with E-state index >= 15 is 0 Å². The number of Topliss-reactive ketones (excluding diaryl/α,β-unsaturated/α-hetero) is 1. The van der Waals surface area contributed by atoms with Crippen LogP contribution < -0.4 is 4.74 Å². The fraction of sp³-hybridized carbons (Fsp3) is 0.435. The summed E-state index contributed by atoms with van der Waals surface area (Å²) in [4.78, 5) is 13.9. The number of hydrogen-bond acceptors (Lipinski definition) is 3. The molecule has 0 spiro atoms. The molecule has 0 radical (unpaired) electrons. The third kappa shape index (κ3) is 5.18. The number of carbonyl (C=O) groups is 1. The Bertz CT molecular complexity index is 711. The van der Waals surface area contributed by atoms with E-state index in [2.05, 4.69) is 43.0 Å². The predicted molar refractivity (Wildman–Crippen MR) is 105 cm³/mol. The molecule has 2 aromatic carbocycles. The monoisotopic (exact) mass is 351 g/mol. The number of carbonyl (C=O) groups excluding carboxylic acids is 1. The standard InChI is InChI=1S/C23H29NO2/c1-17-12-18(2)14-24(13-17)15-20-4-6-21(7-5-20)16-26-23-10-8-22(9-11-23)19(3)25/h4-11,17-18H,12-16H2,1-3H3/t17-,18-/m1/s1. The molecule has 3 rings (SSSR count). The zero-order chi connectivity index (χ0) is 18.5. The fourth-order valence-corrected chi connectivity index (χ4v) is 3.87. The highest BCUT2D eigenvalue weighted by Crippen LogP contribution is 2.22. The van der Waals surface area contributed by atoms with Crippen LogP contribution in [0.4, 0.5) is 0 Å². The van der Waals surface area contributed by atoms with Gasteiger partial charge in [-0.15, -0.1) is 0 Å². The number of likely N-dealkylation sites (tertiary alicyclic amines) is 1. The summed E-state index contributed by atoms with van der Waals surface area (Å²) in [5, 5.41) is 0. The van der Waals surface area contributed by atoms with Gasteiger partial charge < -0.3 is 4.74 Å². The van der Waals surface area contributed by atoms with Crippen LogP contribution in [0.1, 0.15) is 48.7 Å². The Hall–Kier alpha value is -2.13. The van der Waals surface area contributed by atoms with Crippen LogP contribution in [0.2, 0.25) is 0 Å². The van der Waals surface area contributed by atoms with E-state index < -0.39 is 0 Å². The highest BCUT2D eigenvalue weighted by Gasteiger charge is 2.21. The van der Waals surface area contributed by atoms with Gasteiger partial charge in [-0.1, -0.05) is 38.1 Å². The molecular formula is C23H29NO2. The van der Waals surface area contributed by atoms with Gasteiger partial charge in [-0.05, 0) is 60.6 Å². The van der Waals surface area contributed by atoms with E-state index in [-0.39, 0.29) is 5.78 Å². The van der Waals surface area contributed by atoms with Gasteiger partial charge >= 0.3 is 0 Å². The quantitative estimate of drug-likeness (QED) is 0.690. The van der Waals surface area contributed by atoms with E-state index in [1.54, 1.807) is 19.1 Å². The molecular weight excluding hydrogens is 322 g/mol. The number of rotatable bonds is 6. The molecule has 0 aromatic heterocycles. The van der Waals surface area contributed by atoms with E-state index in [1.165, 1.54) is 25.1 Å². The van der Waals surface area contributed by atoms with Crippen LogP contribution in [0.5, 0.6) is 5.75 Å². The van der Waals surface area contributed by atoms with E-state index in [0.717, 1.165) is 29.7 Å². The summed E-state index contributed by atoms with van der Waals surface area (Å²) in [6.07, 6.45) is 1.35. The van der Waals surface area contributed by atoms with Gasteiger partial charge in [0.15, 0.2) is 5.78 Å². The lowest BCUT2D eigenvalue weighted by Crippen LogP contribution is -2.38. The Morgan fingerprint density at radius 3 is 2.12 bits per heavy atom. The van der Waals surface area contributed by atoms with Gasteiger partial charge in [0.2, 0.25) is 0 Å². The number of hydrogen-bond donors (Lipinski definition) is 0. The van der Waals surface area contributed by atoms with Crippen LogP contribution in [0.3, 0.4) is 0 Å². The van der Waals surface area contributed by atoms with E-state index in [9.17, 15) is 4.79 Å². The van der Waals surface area contributed by atoms with Crippen molar-refractivity contribution >= 4 is 5.78 Å². The average Bonchev–Trinajstić information content (AvgIpc) is 2.60. The maximum Gasteiger partial charge on any atom is 0.159 e. The van der Waals surface area contributed by atoms with Crippen LogP contribution in [-0.2, 0) is 13.2 Å². The van der Waals surface area contributed by atoms with Crippen LogP contribution in [0.15, 0.2) is 48.5 Å². The van der Waals surface area contributed by atoms with Crippen molar-refractivity contribution in [1.29, 1.82) is 0 Å². The summed E-state index contributed by atoms with van der Waals surface area (Å²) in [5.41, 5.74) is 3.23. The largest absolute Gasteiger partial charge is 0.489 e. The maximum absolute atomic E-state index is 11.3. The Kier molecular flexibility index (Phi) is 6.10. The first-order chi connectivity index (χ1) is 12.5. The van der Waals surface area contributed by atoms with Gasteiger partial charge in [-0.3, -0.25) is 9.69 Å². The second-order valence-corrected chi connectivity index (χ2v) is 7.83. The molecule has 138 valence electrons. The highest BCUT2D eigenvalue weighted by atomic mass is 16.5. The first-order valence-electron chi connectivity index (χ1n) is 9.53. The molecule has 26 heavy (non-hydrogen) atoms. The van der Waals surface area contributed by atoms with Crippen molar-refractivity contribution in [3.8, 4) is 5.75 Å². The average molecular weight is 351 g/mol. The SMILES string of the molecule is CC(=O)c1ccc(OCc2ccc(CN3C[C@H](C)C[C@@H](C)C3)cc2)cc1. The third-order valence-electron chi connectivity index (χ3n) is 5.04. The summed E-state index contributed by atoms with van der Waals surface area (Å²) >= 11 is 0. The minimum atomic E-state index is 0.0737. The predicted octanol–water partition coefficient (Wildman–Crippen LogP) is 4.95. The molecule has 3 nitrogen and oxygen atoms in total. The molecule has 1 fully saturated rings. The number of piperidine rings is 1. The van der Waals surface area contributed by atoms with Crippen molar-refractivity contribution in [2.45, 2.75) is 40.3 Å². The molecule has 1 heterocycles. The minimum absolute atomic E-state index is 0.0737. The van der Waals surface area contributed by atoms with E-state index in [4.69, 9.17) is 4.74 Å². The van der Waals surface area contributed by atoms with E-state index in [0.29, 0.717) is 12.2 Å². The summed E-state index contributed by atoms with van der Waals surface area (Å²) in [7, 11) is 0. The third-order valence-corrected chi connectivity index (χ3v) is 5.04. The van der Waals surface area contributed by atoms with E-state index in [1.807, 2.05) is 12.1 Å². The Morgan fingerprint density at radius 1 is 0.962 bits per heavy atom. The molecule has 0 aliphatic carbocycles. The molecule has 2 atom stereocenters. The molecule has 1 aliphatic heterocycles. The summed E-state index contributed by atoms with van der Waals surface area (Å²) < 4.78 is 5.82. The van der Waals surface area contributed by atoms with Gasteiger partial charge in [-0.2, -0.15) is 0 Å². The molecule has 0 bridgehead atoms. The van der Waals surface area contributed by atoms with Crippen molar-refractivity contribution < 1.29 is 9.53 Å². The highest BCUT2D eigenvalue weighted by molar-refractivity contribution is 5.94. The molecule has 1 aliphatic rings. The lowest BCUT2D eigenvalue weighted by atomic mass is 9.91. The van der Waals surface area contributed by atoms with Crippen molar-refractivity contribution in [3.05, 3.63) is 65.2 Å². The van der Waals surface area contributed by atoms with Crippen LogP contribution in [-0.4, -0.2) is 23.8 Å². The zero-order valence-electron chi connectivity index (χ0n) is 16.1. The summed E-state index contributed by atoms with van der Waals surface area (Å²) in [5.74, 6) is 2.45. The Labute approximate surface area is 157 Å². The Morgan fingerprint density at radius 2 is 1.54 bits per heavy atom. The van der Waals surface area contributed by atoms with Crippen LogP contribution >= 0.6 is 0 Å². The normalized spacial score (nSPS) is 20.7. The molecule has 0 N–H and O–H groups in total. The van der Waals surface area contributed by atoms with Gasteiger partial charge in [0, 0.05) is 25.2 Å². The number of nitrogens with zero attached hydrogens (tertiary/aromatic N) is 1. The molecule has 3 heteroatoms. The second kappa shape index (κ2) is 8.50. The van der Waals surface area contributed by atoms with Gasteiger partial charge in [0.1, 0.15) is 12.4 Å². The topological polar surface area (TPSA) is 29.5 Å². The molecule has 0 amide bonds. The van der Waals surface area contributed by atoms with Crippen LogP contribution in [0, 0.1) is 11.8 Å². The van der Waals surface area contributed by atoms with Crippen LogP contribution in [0.25, 0.3) is 0 Å². The molecule has 1 saturated heterocycles. The molecule has 2 aromatic rings. The number of benzene rings is 2. The summed E-state index contributed by atoms with van der Waals surface area (Å²) in [6, 6.07) is 16.0. The second-order valence-electron chi connectivity index (χ2n) is 7.83. The molecule has 0 unspecified atom stereocenters. The lowest BCUT2D eigenvalue weighted by Gasteiger charge is -2.35. The maximum atomic E-state index is 11.3. The zero-order valence-corrected chi connectivity index (χ0v) is 16.1. The first-order valence-corrected chi connectivity index (χ1v) is 9.53.